The van der Waals surface area contributed by atoms with Gasteiger partial charge < -0.3 is 16.4 Å². The van der Waals surface area contributed by atoms with E-state index in [9.17, 15) is 4.79 Å². The summed E-state index contributed by atoms with van der Waals surface area (Å²) >= 11 is 0. The van der Waals surface area contributed by atoms with E-state index in [1.807, 2.05) is 18.2 Å². The lowest BCUT2D eigenvalue weighted by molar-refractivity contribution is 0.1000. The first kappa shape index (κ1) is 12.1. The molecule has 1 unspecified atom stereocenters. The van der Waals surface area contributed by atoms with Crippen molar-refractivity contribution in [2.24, 2.45) is 5.73 Å². The van der Waals surface area contributed by atoms with Crippen LogP contribution in [0.4, 0.5) is 0 Å². The van der Waals surface area contributed by atoms with Gasteiger partial charge in [0, 0.05) is 24.7 Å². The molecule has 0 radical (unpaired) electrons. The van der Waals surface area contributed by atoms with Crippen LogP contribution in [-0.2, 0) is 6.54 Å². The molecular weight excluding hydrogens is 214 g/mol. The van der Waals surface area contributed by atoms with Gasteiger partial charge in [0.15, 0.2) is 0 Å². The van der Waals surface area contributed by atoms with Gasteiger partial charge in [0.2, 0.25) is 5.91 Å². The van der Waals surface area contributed by atoms with Crippen LogP contribution in [0.25, 0.3) is 0 Å². The minimum absolute atomic E-state index is 0.371. The Balaban J connectivity index is 1.81. The van der Waals surface area contributed by atoms with E-state index in [0.717, 1.165) is 25.2 Å². The van der Waals surface area contributed by atoms with Crippen LogP contribution in [0, 0.1) is 0 Å². The van der Waals surface area contributed by atoms with Gasteiger partial charge in [0.25, 0.3) is 0 Å². The molecule has 4 N–H and O–H groups in total. The van der Waals surface area contributed by atoms with Crippen LogP contribution in [0.15, 0.2) is 24.3 Å². The Morgan fingerprint density at radius 2 is 2.41 bits per heavy atom. The van der Waals surface area contributed by atoms with Gasteiger partial charge in [-0.25, -0.2) is 0 Å². The number of hydrogen-bond donors (Lipinski definition) is 3. The fraction of sp³-hybridized carbons (Fsp3) is 0.462. The number of rotatable bonds is 5. The maximum absolute atomic E-state index is 11.0. The molecule has 0 bridgehead atoms. The zero-order valence-corrected chi connectivity index (χ0v) is 9.91. The smallest absolute Gasteiger partial charge is 0.248 e. The van der Waals surface area contributed by atoms with E-state index >= 15 is 0 Å². The first-order chi connectivity index (χ1) is 8.25. The molecule has 1 saturated heterocycles. The third kappa shape index (κ3) is 3.54. The largest absolute Gasteiger partial charge is 0.366 e. The van der Waals surface area contributed by atoms with E-state index in [0.29, 0.717) is 11.6 Å². The Kier molecular flexibility index (Phi) is 4.12. The van der Waals surface area contributed by atoms with Crippen molar-refractivity contribution in [3.8, 4) is 0 Å². The number of nitrogens with one attached hydrogen (secondary N) is 2. The lowest BCUT2D eigenvalue weighted by Crippen LogP contribution is -2.33. The normalized spacial score (nSPS) is 19.4. The number of nitrogens with two attached hydrogens (primary N) is 1. The Hall–Kier alpha value is -1.39. The first-order valence-electron chi connectivity index (χ1n) is 6.08. The molecule has 1 atom stereocenters. The van der Waals surface area contributed by atoms with Crippen molar-refractivity contribution < 1.29 is 4.79 Å². The summed E-state index contributed by atoms with van der Waals surface area (Å²) in [6.07, 6.45) is 2.51. The Bertz CT molecular complexity index is 386. The fourth-order valence-electron chi connectivity index (χ4n) is 2.16. The van der Waals surface area contributed by atoms with Crippen LogP contribution in [0.1, 0.15) is 28.8 Å². The zero-order valence-electron chi connectivity index (χ0n) is 9.91. The van der Waals surface area contributed by atoms with Gasteiger partial charge in [0.05, 0.1) is 0 Å². The average molecular weight is 233 g/mol. The lowest BCUT2D eigenvalue weighted by atomic mass is 10.1. The number of amides is 1. The summed E-state index contributed by atoms with van der Waals surface area (Å²) in [5.41, 5.74) is 6.91. The number of primary amides is 1. The number of benzene rings is 1. The van der Waals surface area contributed by atoms with E-state index in [1.165, 1.54) is 12.8 Å². The summed E-state index contributed by atoms with van der Waals surface area (Å²) in [7, 11) is 0. The maximum atomic E-state index is 11.0. The van der Waals surface area contributed by atoms with Crippen molar-refractivity contribution in [1.82, 2.24) is 10.6 Å². The Morgan fingerprint density at radius 3 is 3.12 bits per heavy atom. The number of carbonyl (C=O) groups is 1. The van der Waals surface area contributed by atoms with Crippen molar-refractivity contribution in [3.05, 3.63) is 35.4 Å². The van der Waals surface area contributed by atoms with Gasteiger partial charge in [-0.1, -0.05) is 12.1 Å². The highest BCUT2D eigenvalue weighted by Gasteiger charge is 2.12. The molecule has 2 rings (SSSR count). The highest BCUT2D eigenvalue weighted by Crippen LogP contribution is 2.06. The van der Waals surface area contributed by atoms with Crippen molar-refractivity contribution in [1.29, 1.82) is 0 Å². The molecule has 0 aromatic heterocycles. The van der Waals surface area contributed by atoms with Crippen LogP contribution >= 0.6 is 0 Å². The average Bonchev–Trinajstić information content (AvgIpc) is 2.82. The molecule has 1 fully saturated rings. The van der Waals surface area contributed by atoms with E-state index < -0.39 is 0 Å². The standard InChI is InChI=1S/C13H19N3O/c14-13(17)11-4-1-3-10(7-11)8-15-9-12-5-2-6-16-12/h1,3-4,7,12,15-16H,2,5-6,8-9H2,(H2,14,17). The molecular formula is C13H19N3O. The second kappa shape index (κ2) is 5.80. The van der Waals surface area contributed by atoms with E-state index in [-0.39, 0.29) is 5.91 Å². The molecule has 1 aromatic carbocycles. The molecule has 0 spiro atoms. The summed E-state index contributed by atoms with van der Waals surface area (Å²) < 4.78 is 0. The van der Waals surface area contributed by atoms with Gasteiger partial charge in [-0.15, -0.1) is 0 Å². The quantitative estimate of drug-likeness (QED) is 0.698. The first-order valence-corrected chi connectivity index (χ1v) is 6.08. The molecule has 4 nitrogen and oxygen atoms in total. The molecule has 1 aliphatic rings. The molecule has 17 heavy (non-hydrogen) atoms. The van der Waals surface area contributed by atoms with Crippen LogP contribution in [0.3, 0.4) is 0 Å². The summed E-state index contributed by atoms with van der Waals surface area (Å²) in [4.78, 5) is 11.0. The number of carbonyl (C=O) groups excluding carboxylic acids is 1. The topological polar surface area (TPSA) is 67.2 Å². The Labute approximate surface area is 102 Å². The van der Waals surface area contributed by atoms with Crippen LogP contribution in [0.2, 0.25) is 0 Å². The van der Waals surface area contributed by atoms with Crippen molar-refractivity contribution in [3.63, 3.8) is 0 Å². The van der Waals surface area contributed by atoms with Crippen molar-refractivity contribution in [2.45, 2.75) is 25.4 Å². The minimum atomic E-state index is -0.371. The third-order valence-electron chi connectivity index (χ3n) is 3.09. The van der Waals surface area contributed by atoms with Crippen LogP contribution in [0.5, 0.6) is 0 Å². The predicted octanol–water partition coefficient (Wildman–Crippen LogP) is 0.627. The molecule has 1 aliphatic heterocycles. The van der Waals surface area contributed by atoms with E-state index in [1.54, 1.807) is 6.07 Å². The van der Waals surface area contributed by atoms with Gasteiger partial charge in [0.1, 0.15) is 0 Å². The fourth-order valence-corrected chi connectivity index (χ4v) is 2.16. The van der Waals surface area contributed by atoms with Gasteiger partial charge in [-0.05, 0) is 37.1 Å². The Morgan fingerprint density at radius 1 is 1.53 bits per heavy atom. The lowest BCUT2D eigenvalue weighted by Gasteiger charge is -2.11. The molecule has 1 aromatic rings. The SMILES string of the molecule is NC(=O)c1cccc(CNCC2CCCN2)c1. The second-order valence-electron chi connectivity index (χ2n) is 4.49. The monoisotopic (exact) mass is 233 g/mol. The summed E-state index contributed by atoms with van der Waals surface area (Å²) in [6.45, 7) is 2.88. The van der Waals surface area contributed by atoms with Crippen LogP contribution in [-0.4, -0.2) is 25.0 Å². The minimum Gasteiger partial charge on any atom is -0.366 e. The van der Waals surface area contributed by atoms with Gasteiger partial charge >= 0.3 is 0 Å². The summed E-state index contributed by atoms with van der Waals surface area (Å²) in [6, 6.07) is 8.04. The van der Waals surface area contributed by atoms with Crippen molar-refractivity contribution >= 4 is 5.91 Å². The number of hydrogen-bond acceptors (Lipinski definition) is 3. The predicted molar refractivity (Wildman–Crippen MR) is 67.7 cm³/mol. The molecule has 1 heterocycles. The van der Waals surface area contributed by atoms with Gasteiger partial charge in [-0.2, -0.15) is 0 Å². The van der Waals surface area contributed by atoms with Crippen molar-refractivity contribution in [2.75, 3.05) is 13.1 Å². The molecule has 0 saturated carbocycles. The maximum Gasteiger partial charge on any atom is 0.248 e. The third-order valence-corrected chi connectivity index (χ3v) is 3.09. The molecule has 4 heteroatoms. The van der Waals surface area contributed by atoms with E-state index in [2.05, 4.69) is 10.6 Å². The molecule has 0 aliphatic carbocycles. The second-order valence-corrected chi connectivity index (χ2v) is 4.49. The highest BCUT2D eigenvalue weighted by molar-refractivity contribution is 5.92. The summed E-state index contributed by atoms with van der Waals surface area (Å²) in [5, 5.41) is 6.83. The highest BCUT2D eigenvalue weighted by atomic mass is 16.1. The summed E-state index contributed by atoms with van der Waals surface area (Å²) in [5.74, 6) is -0.371. The molecule has 1 amide bonds. The van der Waals surface area contributed by atoms with Crippen LogP contribution < -0.4 is 16.4 Å². The zero-order chi connectivity index (χ0) is 12.1. The van der Waals surface area contributed by atoms with Gasteiger partial charge in [-0.3, -0.25) is 4.79 Å². The van der Waals surface area contributed by atoms with E-state index in [4.69, 9.17) is 5.73 Å². The molecule has 92 valence electrons.